The molecule has 0 aromatic heterocycles. The summed E-state index contributed by atoms with van der Waals surface area (Å²) in [7, 11) is 0.603. The van der Waals surface area contributed by atoms with Crippen molar-refractivity contribution in [3.63, 3.8) is 0 Å². The first kappa shape index (κ1) is 26.2. The number of alkyl halides is 2. The second-order valence-electron chi connectivity index (χ2n) is 5.81. The Bertz CT molecular complexity index is 138. The maximum atomic E-state index is 2.38. The second kappa shape index (κ2) is 16.7. The van der Waals surface area contributed by atoms with Crippen LogP contribution in [0.25, 0.3) is 0 Å². The molecule has 0 aliphatic carbocycles. The van der Waals surface area contributed by atoms with E-state index in [0.717, 1.165) is 22.6 Å². The number of rotatable bonds is 4. The van der Waals surface area contributed by atoms with Crippen LogP contribution in [0.1, 0.15) is 55.4 Å². The fourth-order valence-electron chi connectivity index (χ4n) is 1.19. The van der Waals surface area contributed by atoms with Crippen LogP contribution in [0.5, 0.6) is 0 Å². The van der Waals surface area contributed by atoms with Gasteiger partial charge in [-0.25, -0.2) is 0 Å². The van der Waals surface area contributed by atoms with Gasteiger partial charge in [0.05, 0.1) is 2.43 Å². The van der Waals surface area contributed by atoms with E-state index in [1.165, 1.54) is 2.43 Å². The lowest BCUT2D eigenvalue weighted by molar-refractivity contribution is 1.01. The van der Waals surface area contributed by atoms with E-state index < -0.39 is 0 Å². The molecular formula is C15H36I2P2. The summed E-state index contributed by atoms with van der Waals surface area (Å²) in [4.78, 5) is 0. The molecule has 0 heterocycles. The van der Waals surface area contributed by atoms with Crippen LogP contribution in [-0.4, -0.2) is 38.4 Å². The van der Waals surface area contributed by atoms with Crippen molar-refractivity contribution in [2.45, 2.75) is 78.0 Å². The Morgan fingerprint density at radius 3 is 0.684 bits per heavy atom. The average Bonchev–Trinajstić information content (AvgIpc) is 2.28. The Morgan fingerprint density at radius 1 is 0.579 bits per heavy atom. The highest BCUT2D eigenvalue weighted by Crippen LogP contribution is 2.41. The molecule has 120 valence electrons. The topological polar surface area (TPSA) is 0 Å². The Hall–Kier alpha value is 2.32. The van der Waals surface area contributed by atoms with Gasteiger partial charge in [0.2, 0.25) is 0 Å². The van der Waals surface area contributed by atoms with Crippen LogP contribution in [0.3, 0.4) is 0 Å². The van der Waals surface area contributed by atoms with Gasteiger partial charge in [0.1, 0.15) is 0 Å². The summed E-state index contributed by atoms with van der Waals surface area (Å²) in [5, 5.41) is 0. The SMILES string of the molecule is CC(C)P(C)C(C)C.CC(C)P(C)C(C)C.ICI. The van der Waals surface area contributed by atoms with Crippen molar-refractivity contribution in [2.24, 2.45) is 0 Å². The molecule has 0 amide bonds. The Morgan fingerprint density at radius 2 is 0.684 bits per heavy atom. The third-order valence-electron chi connectivity index (χ3n) is 3.26. The molecule has 19 heavy (non-hydrogen) atoms. The molecule has 0 N–H and O–H groups in total. The monoisotopic (exact) mass is 532 g/mol. The molecule has 0 radical (unpaired) electrons. The van der Waals surface area contributed by atoms with E-state index in [0.29, 0.717) is 15.8 Å². The lowest BCUT2D eigenvalue weighted by atomic mass is 10.5. The molecule has 4 heteroatoms. The fraction of sp³-hybridized carbons (Fsp3) is 1.00. The van der Waals surface area contributed by atoms with E-state index in [4.69, 9.17) is 0 Å². The van der Waals surface area contributed by atoms with Crippen molar-refractivity contribution >= 4 is 61.0 Å². The molecule has 0 aliphatic rings. The first-order valence-electron chi connectivity index (χ1n) is 7.08. The Kier molecular flexibility index (Phi) is 23.0. The van der Waals surface area contributed by atoms with Gasteiger partial charge in [-0.1, -0.05) is 101 Å². The summed E-state index contributed by atoms with van der Waals surface area (Å²) in [6.45, 7) is 23.2. The Labute approximate surface area is 153 Å². The van der Waals surface area contributed by atoms with Crippen molar-refractivity contribution < 1.29 is 0 Å². The molecule has 0 fully saturated rings. The van der Waals surface area contributed by atoms with E-state index in [-0.39, 0.29) is 0 Å². The van der Waals surface area contributed by atoms with Gasteiger partial charge in [-0.05, 0) is 36.0 Å². The van der Waals surface area contributed by atoms with Crippen LogP contribution < -0.4 is 0 Å². The van der Waals surface area contributed by atoms with Gasteiger partial charge in [0.25, 0.3) is 0 Å². The lowest BCUT2D eigenvalue weighted by Gasteiger charge is -2.19. The molecule has 0 aromatic carbocycles. The highest BCUT2D eigenvalue weighted by molar-refractivity contribution is 14.2. The second-order valence-corrected chi connectivity index (χ2v) is 17.0. The molecule has 0 saturated heterocycles. The van der Waals surface area contributed by atoms with Crippen molar-refractivity contribution in [3.05, 3.63) is 0 Å². The highest BCUT2D eigenvalue weighted by atomic mass is 127. The molecule has 0 unspecified atom stereocenters. The van der Waals surface area contributed by atoms with Gasteiger partial charge in [0.15, 0.2) is 0 Å². The smallest absolute Gasteiger partial charge is 0.0516 e. The normalized spacial score (nSPS) is 11.1. The summed E-state index contributed by atoms with van der Waals surface area (Å²) in [6.07, 6.45) is 0. The van der Waals surface area contributed by atoms with E-state index in [2.05, 4.69) is 114 Å². The average molecular weight is 532 g/mol. The molecular weight excluding hydrogens is 496 g/mol. The van der Waals surface area contributed by atoms with E-state index in [1.807, 2.05) is 0 Å². The maximum Gasteiger partial charge on any atom is 0.0516 e. The van der Waals surface area contributed by atoms with Gasteiger partial charge in [0, 0.05) is 0 Å². The van der Waals surface area contributed by atoms with E-state index >= 15 is 0 Å². The first-order chi connectivity index (χ1) is 8.52. The van der Waals surface area contributed by atoms with Gasteiger partial charge in [-0.15, -0.1) is 15.8 Å². The lowest BCUT2D eigenvalue weighted by Crippen LogP contribution is -2.00. The van der Waals surface area contributed by atoms with Crippen LogP contribution in [0.4, 0.5) is 0 Å². The minimum atomic E-state index is 0.301. The van der Waals surface area contributed by atoms with Gasteiger partial charge < -0.3 is 0 Å². The van der Waals surface area contributed by atoms with Crippen LogP contribution in [0.15, 0.2) is 0 Å². The van der Waals surface area contributed by atoms with Crippen LogP contribution >= 0.6 is 61.0 Å². The summed E-state index contributed by atoms with van der Waals surface area (Å²) in [6, 6.07) is 0. The summed E-state index contributed by atoms with van der Waals surface area (Å²) in [5.74, 6) is 0. The zero-order valence-corrected chi connectivity index (χ0v) is 20.8. The predicted molar refractivity (Wildman–Crippen MR) is 119 cm³/mol. The van der Waals surface area contributed by atoms with Crippen molar-refractivity contribution in [3.8, 4) is 0 Å². The van der Waals surface area contributed by atoms with Crippen LogP contribution in [0, 0.1) is 0 Å². The van der Waals surface area contributed by atoms with Crippen molar-refractivity contribution in [1.82, 2.24) is 0 Å². The van der Waals surface area contributed by atoms with Gasteiger partial charge in [-0.3, -0.25) is 0 Å². The largest absolute Gasteiger partial charge is 0.105 e. The standard InChI is InChI=1S/2C7H17P.CH2I2/c2*1-6(2)8(5)7(3)4;2-1-3/h2*6-7H,1-5H3;1H2. The molecule has 0 saturated carbocycles. The fourth-order valence-corrected chi connectivity index (χ4v) is 3.58. The molecule has 0 aliphatic heterocycles. The number of hydrogen-bond donors (Lipinski definition) is 0. The summed E-state index contributed by atoms with van der Waals surface area (Å²) >= 11 is 4.55. The Balaban J connectivity index is -0.000000224. The van der Waals surface area contributed by atoms with Gasteiger partial charge in [-0.2, -0.15) is 0 Å². The van der Waals surface area contributed by atoms with E-state index in [9.17, 15) is 0 Å². The molecule has 0 bridgehead atoms. The molecule has 0 aromatic rings. The van der Waals surface area contributed by atoms with Crippen molar-refractivity contribution in [2.75, 3.05) is 15.8 Å². The molecule has 0 nitrogen and oxygen atoms in total. The number of hydrogen-bond acceptors (Lipinski definition) is 0. The van der Waals surface area contributed by atoms with Crippen molar-refractivity contribution in [1.29, 1.82) is 0 Å². The number of halogens is 2. The quantitative estimate of drug-likeness (QED) is 0.198. The molecule has 0 atom stereocenters. The predicted octanol–water partition coefficient (Wildman–Crippen LogP) is 7.64. The maximum absolute atomic E-state index is 2.38. The first-order valence-corrected chi connectivity index (χ1v) is 14.0. The molecule has 0 spiro atoms. The zero-order valence-electron chi connectivity index (χ0n) is 14.7. The zero-order chi connectivity index (χ0) is 16.2. The minimum absolute atomic E-state index is 0.301. The summed E-state index contributed by atoms with van der Waals surface area (Å²) in [5.41, 5.74) is 3.63. The summed E-state index contributed by atoms with van der Waals surface area (Å²) < 4.78 is 1.19. The molecule has 0 rings (SSSR count). The van der Waals surface area contributed by atoms with Crippen LogP contribution in [0.2, 0.25) is 0 Å². The minimum Gasteiger partial charge on any atom is -0.105 e. The third kappa shape index (κ3) is 20.3. The third-order valence-corrected chi connectivity index (χ3v) is 9.77. The van der Waals surface area contributed by atoms with Gasteiger partial charge >= 0.3 is 0 Å². The van der Waals surface area contributed by atoms with Crippen LogP contribution in [-0.2, 0) is 0 Å². The highest BCUT2D eigenvalue weighted by Gasteiger charge is 2.09. The van der Waals surface area contributed by atoms with E-state index in [1.54, 1.807) is 0 Å².